The molecule has 152 valence electrons. The van der Waals surface area contributed by atoms with Crippen LogP contribution in [0.3, 0.4) is 0 Å². The summed E-state index contributed by atoms with van der Waals surface area (Å²) in [6.07, 6.45) is 0.991. The minimum absolute atomic E-state index is 0.178. The van der Waals surface area contributed by atoms with Crippen molar-refractivity contribution in [3.8, 4) is 11.4 Å². The van der Waals surface area contributed by atoms with Gasteiger partial charge in [0.05, 0.1) is 12.3 Å². The van der Waals surface area contributed by atoms with Gasteiger partial charge < -0.3 is 10.1 Å². The van der Waals surface area contributed by atoms with Crippen LogP contribution in [0.1, 0.15) is 35.3 Å². The van der Waals surface area contributed by atoms with Gasteiger partial charge in [-0.3, -0.25) is 4.79 Å². The Kier molecular flexibility index (Phi) is 5.48. The number of anilines is 1. The van der Waals surface area contributed by atoms with Crippen molar-refractivity contribution in [3.05, 3.63) is 77.4 Å². The molecule has 1 heterocycles. The van der Waals surface area contributed by atoms with Crippen molar-refractivity contribution in [3.63, 3.8) is 0 Å². The normalized spacial score (nSPS) is 10.9. The van der Waals surface area contributed by atoms with E-state index in [0.29, 0.717) is 12.2 Å². The minimum Gasteiger partial charge on any atom is -0.494 e. The Morgan fingerprint density at radius 2 is 1.63 bits per heavy atom. The number of carbonyl (C=O) groups is 1. The average molecular weight is 400 g/mol. The van der Waals surface area contributed by atoms with Crippen LogP contribution < -0.4 is 10.1 Å². The number of nitrogens with one attached hydrogen (secondary N) is 1. The molecule has 1 N–H and O–H groups in total. The Hall–Kier alpha value is -3.67. The molecule has 6 nitrogen and oxygen atoms in total. The summed E-state index contributed by atoms with van der Waals surface area (Å²) in [5.74, 6) is 0.568. The molecule has 0 aliphatic carbocycles. The predicted octanol–water partition coefficient (Wildman–Crippen LogP) is 4.94. The molecule has 30 heavy (non-hydrogen) atoms. The first kappa shape index (κ1) is 19.6. The van der Waals surface area contributed by atoms with Crippen LogP contribution in [-0.2, 0) is 6.42 Å². The average Bonchev–Trinajstić information content (AvgIpc) is 3.17. The summed E-state index contributed by atoms with van der Waals surface area (Å²) >= 11 is 0. The number of nitrogens with zero attached hydrogens (tertiary/aromatic N) is 3. The van der Waals surface area contributed by atoms with E-state index >= 15 is 0 Å². The van der Waals surface area contributed by atoms with Crippen molar-refractivity contribution >= 4 is 22.6 Å². The van der Waals surface area contributed by atoms with Crippen LogP contribution in [0.15, 0.2) is 60.7 Å². The maximum Gasteiger partial charge on any atom is 0.255 e. The van der Waals surface area contributed by atoms with Crippen LogP contribution in [-0.4, -0.2) is 27.5 Å². The SMILES string of the molecule is CCOc1ccc(C(=O)Nc2cc3nn(-c4ccc(CC)cc4)nc3cc2C)cc1. The second-order valence-corrected chi connectivity index (χ2v) is 7.08. The van der Waals surface area contributed by atoms with E-state index in [-0.39, 0.29) is 5.91 Å². The number of ether oxygens (including phenoxy) is 1. The Morgan fingerprint density at radius 1 is 0.967 bits per heavy atom. The van der Waals surface area contributed by atoms with Gasteiger partial charge in [0.25, 0.3) is 5.91 Å². The highest BCUT2D eigenvalue weighted by molar-refractivity contribution is 6.05. The van der Waals surface area contributed by atoms with E-state index in [2.05, 4.69) is 34.6 Å². The molecule has 0 fully saturated rings. The number of amides is 1. The third-order valence-electron chi connectivity index (χ3n) is 4.98. The number of carbonyl (C=O) groups excluding carboxylic acids is 1. The Bertz CT molecular complexity index is 1180. The molecule has 0 saturated heterocycles. The van der Waals surface area contributed by atoms with Crippen molar-refractivity contribution < 1.29 is 9.53 Å². The fraction of sp³-hybridized carbons (Fsp3) is 0.208. The second kappa shape index (κ2) is 8.37. The molecule has 0 atom stereocenters. The number of fused-ring (bicyclic) bond motifs is 1. The van der Waals surface area contributed by atoms with E-state index in [0.717, 1.165) is 40.1 Å². The lowest BCUT2D eigenvalue weighted by Crippen LogP contribution is -2.12. The smallest absolute Gasteiger partial charge is 0.255 e. The largest absolute Gasteiger partial charge is 0.494 e. The van der Waals surface area contributed by atoms with Crippen LogP contribution in [0.2, 0.25) is 0 Å². The Labute approximate surface area is 175 Å². The number of aryl methyl sites for hydroxylation is 2. The summed E-state index contributed by atoms with van der Waals surface area (Å²) in [6.45, 7) is 6.59. The molecule has 0 aliphatic rings. The van der Waals surface area contributed by atoms with E-state index in [4.69, 9.17) is 4.74 Å². The maximum absolute atomic E-state index is 12.7. The maximum atomic E-state index is 12.7. The first-order chi connectivity index (χ1) is 14.6. The summed E-state index contributed by atoms with van der Waals surface area (Å²) < 4.78 is 5.43. The molecule has 0 aliphatic heterocycles. The standard InChI is InChI=1S/C24H24N4O2/c1-4-17-6-10-19(11-7-17)28-26-22-14-16(3)21(15-23(22)27-28)25-24(29)18-8-12-20(13-9-18)30-5-2/h6-15H,4-5H2,1-3H3,(H,25,29). The number of hydrogen-bond acceptors (Lipinski definition) is 4. The third kappa shape index (κ3) is 4.03. The lowest BCUT2D eigenvalue weighted by Gasteiger charge is -2.09. The van der Waals surface area contributed by atoms with Gasteiger partial charge in [-0.2, -0.15) is 4.80 Å². The molecule has 1 aromatic heterocycles. The van der Waals surface area contributed by atoms with Gasteiger partial charge in [-0.05, 0) is 79.9 Å². The zero-order chi connectivity index (χ0) is 21.1. The summed E-state index contributed by atoms with van der Waals surface area (Å²) in [5.41, 5.74) is 5.89. The minimum atomic E-state index is -0.178. The first-order valence-electron chi connectivity index (χ1n) is 10.1. The highest BCUT2D eigenvalue weighted by Gasteiger charge is 2.12. The molecule has 4 aromatic rings. The summed E-state index contributed by atoms with van der Waals surface area (Å²) in [6, 6.07) is 19.1. The van der Waals surface area contributed by atoms with E-state index in [1.165, 1.54) is 5.56 Å². The van der Waals surface area contributed by atoms with E-state index in [1.807, 2.05) is 38.1 Å². The lowest BCUT2D eigenvalue weighted by molar-refractivity contribution is 0.102. The Balaban J connectivity index is 1.58. The predicted molar refractivity (Wildman–Crippen MR) is 119 cm³/mol. The van der Waals surface area contributed by atoms with Gasteiger partial charge in [0.15, 0.2) is 0 Å². The fourth-order valence-corrected chi connectivity index (χ4v) is 3.25. The van der Waals surface area contributed by atoms with Gasteiger partial charge in [-0.25, -0.2) is 0 Å². The van der Waals surface area contributed by atoms with Gasteiger partial charge in [0, 0.05) is 11.3 Å². The zero-order valence-electron chi connectivity index (χ0n) is 17.3. The van der Waals surface area contributed by atoms with E-state index < -0.39 is 0 Å². The molecule has 1 amide bonds. The number of aromatic nitrogens is 3. The fourth-order valence-electron chi connectivity index (χ4n) is 3.25. The molecule has 0 bridgehead atoms. The second-order valence-electron chi connectivity index (χ2n) is 7.08. The van der Waals surface area contributed by atoms with Gasteiger partial charge in [0.1, 0.15) is 16.8 Å². The van der Waals surface area contributed by atoms with Crippen molar-refractivity contribution in [1.29, 1.82) is 0 Å². The van der Waals surface area contributed by atoms with Gasteiger partial charge in [-0.1, -0.05) is 19.1 Å². The van der Waals surface area contributed by atoms with Crippen LogP contribution in [0.25, 0.3) is 16.7 Å². The number of hydrogen-bond donors (Lipinski definition) is 1. The van der Waals surface area contributed by atoms with Crippen LogP contribution >= 0.6 is 0 Å². The number of rotatable bonds is 6. The molecule has 4 rings (SSSR count). The first-order valence-corrected chi connectivity index (χ1v) is 10.1. The third-order valence-corrected chi connectivity index (χ3v) is 4.98. The van der Waals surface area contributed by atoms with Crippen LogP contribution in [0, 0.1) is 6.92 Å². The van der Waals surface area contributed by atoms with Gasteiger partial charge in [0.2, 0.25) is 0 Å². The molecule has 0 saturated carbocycles. The van der Waals surface area contributed by atoms with Gasteiger partial charge in [-0.15, -0.1) is 10.2 Å². The monoisotopic (exact) mass is 400 g/mol. The van der Waals surface area contributed by atoms with Crippen molar-refractivity contribution in [2.45, 2.75) is 27.2 Å². The topological polar surface area (TPSA) is 69.0 Å². The van der Waals surface area contributed by atoms with Gasteiger partial charge >= 0.3 is 0 Å². The molecule has 0 unspecified atom stereocenters. The quantitative estimate of drug-likeness (QED) is 0.498. The zero-order valence-corrected chi connectivity index (χ0v) is 17.3. The van der Waals surface area contributed by atoms with Crippen molar-refractivity contribution in [1.82, 2.24) is 15.0 Å². The van der Waals surface area contributed by atoms with Crippen molar-refractivity contribution in [2.75, 3.05) is 11.9 Å². The molecule has 0 spiro atoms. The molecule has 0 radical (unpaired) electrons. The number of benzene rings is 3. The van der Waals surface area contributed by atoms with E-state index in [9.17, 15) is 4.79 Å². The highest BCUT2D eigenvalue weighted by Crippen LogP contribution is 2.23. The molecular weight excluding hydrogens is 376 g/mol. The summed E-state index contributed by atoms with van der Waals surface area (Å²) in [7, 11) is 0. The molecule has 6 heteroatoms. The molecule has 3 aromatic carbocycles. The van der Waals surface area contributed by atoms with E-state index in [1.54, 1.807) is 29.1 Å². The van der Waals surface area contributed by atoms with Crippen LogP contribution in [0.5, 0.6) is 5.75 Å². The summed E-state index contributed by atoms with van der Waals surface area (Å²) in [4.78, 5) is 14.3. The van der Waals surface area contributed by atoms with Crippen molar-refractivity contribution in [2.24, 2.45) is 0 Å². The Morgan fingerprint density at radius 3 is 2.27 bits per heavy atom. The van der Waals surface area contributed by atoms with Crippen LogP contribution in [0.4, 0.5) is 5.69 Å². The molecular formula is C24H24N4O2. The summed E-state index contributed by atoms with van der Waals surface area (Å²) in [5, 5.41) is 12.2. The lowest BCUT2D eigenvalue weighted by atomic mass is 10.1. The highest BCUT2D eigenvalue weighted by atomic mass is 16.5.